The van der Waals surface area contributed by atoms with Gasteiger partial charge in [-0.3, -0.25) is 4.79 Å². The molecule has 0 amide bonds. The summed E-state index contributed by atoms with van der Waals surface area (Å²) < 4.78 is 9.65. The van der Waals surface area contributed by atoms with E-state index < -0.39 is 12.1 Å². The number of carbonyl (C=O) groups is 2. The quantitative estimate of drug-likeness (QED) is 0.485. The minimum Gasteiger partial charge on any atom is -0.463 e. The van der Waals surface area contributed by atoms with E-state index in [1.807, 2.05) is 6.92 Å². The Hall–Kier alpha value is -1.06. The molecule has 0 aromatic heterocycles. The van der Waals surface area contributed by atoms with Gasteiger partial charge >= 0.3 is 11.9 Å². The van der Waals surface area contributed by atoms with Crippen LogP contribution in [-0.2, 0) is 19.1 Å². The third-order valence-electron chi connectivity index (χ3n) is 1.67. The van der Waals surface area contributed by atoms with Gasteiger partial charge in [-0.25, -0.2) is 4.79 Å². The van der Waals surface area contributed by atoms with Gasteiger partial charge in [-0.2, -0.15) is 0 Å². The smallest absolute Gasteiger partial charge is 0.347 e. The highest BCUT2D eigenvalue weighted by Gasteiger charge is 2.17. The maximum Gasteiger partial charge on any atom is 0.347 e. The lowest BCUT2D eigenvalue weighted by Gasteiger charge is -2.11. The highest BCUT2D eigenvalue weighted by molar-refractivity contribution is 5.78. The van der Waals surface area contributed by atoms with Crippen LogP contribution in [-0.4, -0.2) is 24.6 Å². The molecule has 4 heteroatoms. The number of hydrogen-bond donors (Lipinski definition) is 0. The van der Waals surface area contributed by atoms with Gasteiger partial charge < -0.3 is 9.47 Å². The molecule has 0 saturated carbocycles. The summed E-state index contributed by atoms with van der Waals surface area (Å²) in [6.07, 6.45) is 1.28. The number of ether oxygens (including phenoxy) is 2. The minimum atomic E-state index is -0.792. The highest BCUT2D eigenvalue weighted by atomic mass is 16.6. The summed E-state index contributed by atoms with van der Waals surface area (Å²) in [5.41, 5.74) is 0. The van der Waals surface area contributed by atoms with Crippen LogP contribution in [0.1, 0.15) is 40.0 Å². The van der Waals surface area contributed by atoms with Gasteiger partial charge in [-0.1, -0.05) is 20.3 Å². The Kier molecular flexibility index (Phi) is 6.80. The lowest BCUT2D eigenvalue weighted by atomic mass is 10.3. The van der Waals surface area contributed by atoms with Crippen molar-refractivity contribution in [1.82, 2.24) is 0 Å². The molecule has 0 aliphatic carbocycles. The van der Waals surface area contributed by atoms with E-state index in [9.17, 15) is 9.59 Å². The van der Waals surface area contributed by atoms with Crippen LogP contribution in [0.25, 0.3) is 0 Å². The predicted octanol–water partition coefficient (Wildman–Crippen LogP) is 1.67. The van der Waals surface area contributed by atoms with Gasteiger partial charge in [0.15, 0.2) is 6.10 Å². The second-order valence-electron chi connectivity index (χ2n) is 3.01. The first-order valence-corrected chi connectivity index (χ1v) is 4.97. The Morgan fingerprint density at radius 2 is 1.93 bits per heavy atom. The third-order valence-corrected chi connectivity index (χ3v) is 1.67. The van der Waals surface area contributed by atoms with Crippen LogP contribution < -0.4 is 0 Å². The molecular formula is C10H18O4. The normalized spacial score (nSPS) is 11.9. The lowest BCUT2D eigenvalue weighted by molar-refractivity contribution is -0.166. The molecule has 0 N–H and O–H groups in total. The molecule has 0 aromatic carbocycles. The van der Waals surface area contributed by atoms with Gasteiger partial charge in [0.25, 0.3) is 0 Å². The van der Waals surface area contributed by atoms with Crippen molar-refractivity contribution in [3.8, 4) is 0 Å². The monoisotopic (exact) mass is 202 g/mol. The molecule has 82 valence electrons. The molecule has 1 atom stereocenters. The average molecular weight is 202 g/mol. The van der Waals surface area contributed by atoms with Crippen LogP contribution in [0.15, 0.2) is 0 Å². The van der Waals surface area contributed by atoms with Gasteiger partial charge in [-0.05, 0) is 13.3 Å². The molecule has 0 saturated heterocycles. The minimum absolute atomic E-state index is 0.270. The number of unbranched alkanes of at least 4 members (excludes halogenated alkanes) is 1. The summed E-state index contributed by atoms with van der Waals surface area (Å²) in [5, 5.41) is 0. The average Bonchev–Trinajstić information content (AvgIpc) is 2.17. The summed E-state index contributed by atoms with van der Waals surface area (Å²) in [7, 11) is 0. The Balaban J connectivity index is 3.70. The first-order chi connectivity index (χ1) is 6.61. The van der Waals surface area contributed by atoms with Crippen molar-refractivity contribution >= 4 is 11.9 Å². The zero-order valence-corrected chi connectivity index (χ0v) is 9.04. The zero-order valence-electron chi connectivity index (χ0n) is 9.04. The van der Waals surface area contributed by atoms with E-state index in [0.29, 0.717) is 6.61 Å². The fraction of sp³-hybridized carbons (Fsp3) is 0.800. The van der Waals surface area contributed by atoms with Gasteiger partial charge in [0.1, 0.15) is 0 Å². The van der Waals surface area contributed by atoms with Crippen molar-refractivity contribution in [2.75, 3.05) is 6.61 Å². The highest BCUT2D eigenvalue weighted by Crippen LogP contribution is 1.98. The summed E-state index contributed by atoms with van der Waals surface area (Å²) in [6, 6.07) is 0. The Morgan fingerprint density at radius 3 is 2.43 bits per heavy atom. The van der Waals surface area contributed by atoms with Crippen molar-refractivity contribution in [3.63, 3.8) is 0 Å². The van der Waals surface area contributed by atoms with Gasteiger partial charge in [0.2, 0.25) is 0 Å². The largest absolute Gasteiger partial charge is 0.463 e. The van der Waals surface area contributed by atoms with E-state index in [2.05, 4.69) is 0 Å². The standard InChI is InChI=1S/C10H18O4/c1-4-6-7-13-10(12)8(3)14-9(11)5-2/h8H,4-7H2,1-3H3. The molecule has 4 nitrogen and oxygen atoms in total. The molecule has 0 rings (SSSR count). The summed E-state index contributed by atoms with van der Waals surface area (Å²) in [5.74, 6) is -0.856. The molecule has 0 radical (unpaired) electrons. The topological polar surface area (TPSA) is 52.6 Å². The molecule has 0 bridgehead atoms. The molecule has 0 aromatic rings. The summed E-state index contributed by atoms with van der Waals surface area (Å²) >= 11 is 0. The molecule has 14 heavy (non-hydrogen) atoms. The molecule has 1 unspecified atom stereocenters. The fourth-order valence-corrected chi connectivity index (χ4v) is 0.763. The Bertz CT molecular complexity index is 189. The van der Waals surface area contributed by atoms with Crippen molar-refractivity contribution in [1.29, 1.82) is 0 Å². The zero-order chi connectivity index (χ0) is 11.0. The molecular weight excluding hydrogens is 184 g/mol. The van der Waals surface area contributed by atoms with Gasteiger partial charge in [0, 0.05) is 6.42 Å². The van der Waals surface area contributed by atoms with Crippen LogP contribution in [0.4, 0.5) is 0 Å². The predicted molar refractivity (Wildman–Crippen MR) is 51.7 cm³/mol. The SMILES string of the molecule is CCCCOC(=O)C(C)OC(=O)CC. The number of carbonyl (C=O) groups excluding carboxylic acids is 2. The molecule has 0 spiro atoms. The number of rotatable bonds is 6. The van der Waals surface area contributed by atoms with Gasteiger partial charge in [-0.15, -0.1) is 0 Å². The Labute approximate surface area is 84.6 Å². The van der Waals surface area contributed by atoms with Crippen molar-refractivity contribution in [2.45, 2.75) is 46.1 Å². The van der Waals surface area contributed by atoms with E-state index in [4.69, 9.17) is 9.47 Å². The summed E-state index contributed by atoms with van der Waals surface area (Å²) in [6.45, 7) is 5.59. The van der Waals surface area contributed by atoms with E-state index in [0.717, 1.165) is 12.8 Å². The van der Waals surface area contributed by atoms with E-state index in [1.165, 1.54) is 6.92 Å². The maximum absolute atomic E-state index is 11.2. The molecule has 0 heterocycles. The van der Waals surface area contributed by atoms with Crippen molar-refractivity contribution < 1.29 is 19.1 Å². The van der Waals surface area contributed by atoms with Crippen molar-refractivity contribution in [3.05, 3.63) is 0 Å². The van der Waals surface area contributed by atoms with Gasteiger partial charge in [0.05, 0.1) is 6.61 Å². The van der Waals surface area contributed by atoms with Crippen molar-refractivity contribution in [2.24, 2.45) is 0 Å². The fourth-order valence-electron chi connectivity index (χ4n) is 0.763. The molecule has 0 fully saturated rings. The lowest BCUT2D eigenvalue weighted by Crippen LogP contribution is -2.26. The Morgan fingerprint density at radius 1 is 1.29 bits per heavy atom. The van der Waals surface area contributed by atoms with E-state index in [1.54, 1.807) is 6.92 Å². The maximum atomic E-state index is 11.2. The van der Waals surface area contributed by atoms with Crippen LogP contribution in [0, 0.1) is 0 Å². The third kappa shape index (κ3) is 5.56. The van der Waals surface area contributed by atoms with Crippen LogP contribution >= 0.6 is 0 Å². The first-order valence-electron chi connectivity index (χ1n) is 4.97. The molecule has 0 aliphatic heterocycles. The number of hydrogen-bond acceptors (Lipinski definition) is 4. The van der Waals surface area contributed by atoms with E-state index in [-0.39, 0.29) is 12.4 Å². The van der Waals surface area contributed by atoms with E-state index >= 15 is 0 Å². The number of esters is 2. The second-order valence-corrected chi connectivity index (χ2v) is 3.01. The summed E-state index contributed by atoms with van der Waals surface area (Å²) in [4.78, 5) is 22.0. The van der Waals surface area contributed by atoms with Crippen LogP contribution in [0.3, 0.4) is 0 Å². The molecule has 0 aliphatic rings. The first kappa shape index (κ1) is 12.9. The van der Waals surface area contributed by atoms with Crippen LogP contribution in [0.5, 0.6) is 0 Å². The van der Waals surface area contributed by atoms with Crippen LogP contribution in [0.2, 0.25) is 0 Å². The second kappa shape index (κ2) is 7.35.